The molecule has 2 heterocycles. The number of rotatable bonds is 52. The SMILES string of the molecule is CC(C)C[C@H](NC(=O)[C@H](CO)NC(=O)[C@H](CCC(N)=O)NC(=O)[C@@H](NC(=O)[C@H](CO)NC(=O)[C@H](C)NC(=O)[C@@H]1C[C@@H](O)CN1C(=O)CCCC(=O)O)C1CCCCC1)C(=O)O.CC(C)C[C@H](NC(=O)[C@H](CO)NC(=O)[C@H](CCC(N)=O)NC(=O)[C@@H](NC(=O)[C@H](CO)NC(=O)[C@H](C)NC(=O)[C@@H]1C[C@@H](O)CN1C(=O)CCCC(=O)OCC1c2ccccc2-c2ccccc21)C1CCCCC1)C(=O)O. The number of nitrogens with zero attached hydrogens (tertiary/aromatic N) is 2. The summed E-state index contributed by atoms with van der Waals surface area (Å²) in [6.45, 7) is 5.41. The lowest BCUT2D eigenvalue weighted by Gasteiger charge is -2.32. The highest BCUT2D eigenvalue weighted by atomic mass is 16.5. The van der Waals surface area contributed by atoms with Crippen LogP contribution in [0.1, 0.15) is 213 Å². The number of hydrogen-bond donors (Lipinski definition) is 23. The van der Waals surface area contributed by atoms with Crippen LogP contribution in [0.5, 0.6) is 0 Å². The fourth-order valence-electron chi connectivity index (χ4n) is 16.9. The van der Waals surface area contributed by atoms with Crippen molar-refractivity contribution in [2.75, 3.05) is 46.1 Å². The van der Waals surface area contributed by atoms with Crippen molar-refractivity contribution in [3.05, 3.63) is 59.7 Å². The molecule has 16 amide bonds. The van der Waals surface area contributed by atoms with Gasteiger partial charge in [0.15, 0.2) is 0 Å². The predicted molar refractivity (Wildman–Crippen MR) is 479 cm³/mol. The number of primary amides is 2. The van der Waals surface area contributed by atoms with Gasteiger partial charge in [-0.3, -0.25) is 86.3 Å². The Bertz CT molecular complexity index is 4480. The average molecular weight is 1920 g/mol. The highest BCUT2D eigenvalue weighted by molar-refractivity contribution is 6.01. The number of esters is 1. The number of ether oxygens (including phenoxy) is 1. The molecule has 16 atom stereocenters. The molecule has 136 heavy (non-hydrogen) atoms. The smallest absolute Gasteiger partial charge is 0.326 e. The molecule has 2 aromatic rings. The standard InChI is InChI=1S/C52H72N8O15.C38H62N8O15/c1-28(2)22-38(52(73)74)56-48(69)39(25-61)58-47(68)37(20-21-42(53)64)55-51(72)45(30-12-5-4-6-13-30)59-49(70)40(26-62)57-46(67)29(3)54-50(71)41-23-31(63)24-60(41)43(65)18-11-19-44(66)75-27-36-34-16-9-7-14-32(34)33-15-8-10-17-35(33)36;1-19(2)14-24(38(60)61)42-34(56)25(17-47)44-33(55)23(12-13-28(39)50)41-37(59)31(21-8-5-4-6-9-21)45-35(57)26(18-48)43-32(54)20(3)40-36(58)27-15-22(49)16-46(27)29(51)10-7-11-30(52)53/h7-10,14-17,28-31,36-41,45,61-63H,4-6,11-13,18-27H2,1-3H3,(H2,53,64)(H,54,71)(H,55,72)(H,56,69)(H,57,67)(H,58,68)(H,59,70)(H,73,74);19-27,31,47-49H,4-18H2,1-3H3,(H2,39,50)(H,40,58)(H,41,59)(H,42,56)(H,43,54)(H,44,55)(H,45,57)(H,52,53)(H,60,61)/t29-,31+,37-,38-,39-,40-,41-,45-;20-,22+,23-,24-,25-,26-,27-,31-/m00/s1. The summed E-state index contributed by atoms with van der Waals surface area (Å²) in [4.78, 5) is 261. The Labute approximate surface area is 785 Å². The summed E-state index contributed by atoms with van der Waals surface area (Å²) in [5, 5.41) is 118. The van der Waals surface area contributed by atoms with Gasteiger partial charge in [-0.25, -0.2) is 9.59 Å². The minimum absolute atomic E-state index is 0.00873. The Balaban J connectivity index is 0.000000427. The van der Waals surface area contributed by atoms with Crippen LogP contribution in [0.4, 0.5) is 0 Å². The number of nitrogens with one attached hydrogen (secondary N) is 12. The molecule has 4 fully saturated rings. The van der Waals surface area contributed by atoms with E-state index in [9.17, 15) is 137 Å². The number of amides is 16. The molecule has 754 valence electrons. The number of carboxylic acids is 3. The largest absolute Gasteiger partial charge is 0.481 e. The minimum atomic E-state index is -1.67. The van der Waals surface area contributed by atoms with Crippen LogP contribution in [0.2, 0.25) is 0 Å². The number of aliphatic carboxylic acids is 3. The zero-order valence-electron chi connectivity index (χ0n) is 77.3. The molecule has 2 aromatic carbocycles. The monoisotopic (exact) mass is 1920 g/mol. The van der Waals surface area contributed by atoms with Crippen LogP contribution in [0.25, 0.3) is 11.1 Å². The van der Waals surface area contributed by atoms with E-state index in [1.54, 1.807) is 27.7 Å². The molecule has 2 saturated carbocycles. The number of nitrogens with two attached hydrogens (primary N) is 2. The first-order valence-corrected chi connectivity index (χ1v) is 46.0. The van der Waals surface area contributed by atoms with E-state index in [1.807, 2.05) is 48.5 Å². The quantitative estimate of drug-likeness (QED) is 0.0277. The number of fused-ring (bicyclic) bond motifs is 3. The molecule has 2 aliphatic heterocycles. The zero-order chi connectivity index (χ0) is 101. The van der Waals surface area contributed by atoms with Crippen LogP contribution in [0, 0.1) is 23.7 Å². The number of carboxylic acid groups (broad SMARTS) is 3. The van der Waals surface area contributed by atoms with Gasteiger partial charge in [0.1, 0.15) is 91.2 Å². The third kappa shape index (κ3) is 35.1. The van der Waals surface area contributed by atoms with Crippen molar-refractivity contribution in [2.24, 2.45) is 35.1 Å². The van der Waals surface area contributed by atoms with Crippen LogP contribution in [0.15, 0.2) is 48.5 Å². The first-order valence-electron chi connectivity index (χ1n) is 46.0. The van der Waals surface area contributed by atoms with E-state index in [1.165, 1.54) is 18.7 Å². The second-order valence-corrected chi connectivity index (χ2v) is 35.8. The van der Waals surface area contributed by atoms with Crippen molar-refractivity contribution in [3.63, 3.8) is 0 Å². The molecule has 25 N–H and O–H groups in total. The molecule has 46 nitrogen and oxygen atoms in total. The molecule has 5 aliphatic rings. The van der Waals surface area contributed by atoms with Crippen LogP contribution in [-0.4, -0.2) is 317 Å². The maximum absolute atomic E-state index is 14.1. The van der Waals surface area contributed by atoms with Gasteiger partial charge in [0.2, 0.25) is 94.5 Å². The van der Waals surface area contributed by atoms with Gasteiger partial charge in [-0.1, -0.05) is 115 Å². The van der Waals surface area contributed by atoms with Gasteiger partial charge in [0.25, 0.3) is 0 Å². The number of benzene rings is 2. The van der Waals surface area contributed by atoms with E-state index in [-0.39, 0.29) is 114 Å². The number of aliphatic hydroxyl groups is 6. The van der Waals surface area contributed by atoms with E-state index in [0.717, 1.165) is 40.0 Å². The van der Waals surface area contributed by atoms with Gasteiger partial charge in [0, 0.05) is 70.4 Å². The number of likely N-dealkylation sites (tertiary alicyclic amines) is 2. The number of hydrogen-bond acceptors (Lipinski definition) is 27. The summed E-state index contributed by atoms with van der Waals surface area (Å²) >= 11 is 0. The molecule has 46 heteroatoms. The summed E-state index contributed by atoms with van der Waals surface area (Å²) in [7, 11) is 0. The molecule has 3 aliphatic carbocycles. The van der Waals surface area contributed by atoms with Crippen molar-refractivity contribution in [1.82, 2.24) is 73.6 Å². The lowest BCUT2D eigenvalue weighted by atomic mass is 9.83. The van der Waals surface area contributed by atoms with E-state index < -0.39 is 266 Å². The van der Waals surface area contributed by atoms with E-state index >= 15 is 0 Å². The average Bonchev–Trinajstić information content (AvgIpc) is 1.61. The van der Waals surface area contributed by atoms with Crippen molar-refractivity contribution in [3.8, 4) is 11.1 Å². The Hall–Kier alpha value is -12.4. The first kappa shape index (κ1) is 112. The minimum Gasteiger partial charge on any atom is -0.481 e. The second kappa shape index (κ2) is 55.6. The molecule has 0 radical (unpaired) electrons. The van der Waals surface area contributed by atoms with Gasteiger partial charge in [-0.15, -0.1) is 0 Å². The normalized spacial score (nSPS) is 19.1. The number of carbonyl (C=O) groups is 20. The van der Waals surface area contributed by atoms with Crippen molar-refractivity contribution in [1.29, 1.82) is 0 Å². The lowest BCUT2D eigenvalue weighted by Crippen LogP contribution is -2.61. The second-order valence-electron chi connectivity index (χ2n) is 35.8. The fraction of sp³-hybridized carbons (Fsp3) is 0.644. The summed E-state index contributed by atoms with van der Waals surface area (Å²) in [6, 6.07) is -4.34. The maximum atomic E-state index is 14.1. The van der Waals surface area contributed by atoms with Crippen molar-refractivity contribution < 1.29 is 147 Å². The lowest BCUT2D eigenvalue weighted by molar-refractivity contribution is -0.145. The van der Waals surface area contributed by atoms with Crippen LogP contribution >= 0.6 is 0 Å². The Morgan fingerprint density at radius 2 is 0.699 bits per heavy atom. The molecule has 7 rings (SSSR count). The summed E-state index contributed by atoms with van der Waals surface area (Å²) < 4.78 is 5.65. The molecule has 0 unspecified atom stereocenters. The van der Waals surface area contributed by atoms with Gasteiger partial charge >= 0.3 is 23.9 Å². The van der Waals surface area contributed by atoms with Crippen molar-refractivity contribution >= 4 is 118 Å². The third-order valence-electron chi connectivity index (χ3n) is 24.2. The summed E-state index contributed by atoms with van der Waals surface area (Å²) in [5.41, 5.74) is 14.9. The first-order chi connectivity index (χ1) is 64.4. The molecular weight excluding hydrogens is 1790 g/mol. The number of β-amino-alcohol motifs (C(OH)–C–C–N with tert-alkyl or cyclic N) is 2. The highest BCUT2D eigenvalue weighted by Crippen LogP contribution is 2.45. The van der Waals surface area contributed by atoms with Crippen molar-refractivity contribution in [2.45, 2.75) is 298 Å². The zero-order valence-corrected chi connectivity index (χ0v) is 77.3. The van der Waals surface area contributed by atoms with E-state index in [4.69, 9.17) is 21.3 Å². The number of carbonyl (C=O) groups excluding carboxylic acids is 17. The molecule has 0 aromatic heterocycles. The van der Waals surface area contributed by atoms with Gasteiger partial charge in [0.05, 0.1) is 38.6 Å². The third-order valence-corrected chi connectivity index (χ3v) is 24.2. The Morgan fingerprint density at radius 1 is 0.382 bits per heavy atom. The summed E-state index contributed by atoms with van der Waals surface area (Å²) in [5.74, 6) is -19.8. The summed E-state index contributed by atoms with van der Waals surface area (Å²) in [6.07, 6.45) is 1.76. The molecule has 2 saturated heterocycles. The van der Waals surface area contributed by atoms with E-state index in [2.05, 4.69) is 63.8 Å². The Morgan fingerprint density at radius 3 is 1.03 bits per heavy atom. The van der Waals surface area contributed by atoms with Crippen LogP contribution < -0.4 is 75.3 Å². The molecular formula is C90H134N16O30. The van der Waals surface area contributed by atoms with Gasteiger partial charge < -0.3 is 136 Å². The fourth-order valence-corrected chi connectivity index (χ4v) is 16.9. The predicted octanol–water partition coefficient (Wildman–Crippen LogP) is -4.54. The van der Waals surface area contributed by atoms with Crippen LogP contribution in [-0.2, 0) is 101 Å². The maximum Gasteiger partial charge on any atom is 0.326 e. The molecule has 0 bridgehead atoms. The Kier molecular flexibility index (Phi) is 45.9. The highest BCUT2D eigenvalue weighted by Gasteiger charge is 2.45. The number of aliphatic hydroxyl groups excluding tert-OH is 6. The van der Waals surface area contributed by atoms with E-state index in [0.29, 0.717) is 51.4 Å². The molecule has 0 spiro atoms. The van der Waals surface area contributed by atoms with Gasteiger partial charge in [-0.2, -0.15) is 0 Å². The topological polar surface area (TPSA) is 736 Å². The van der Waals surface area contributed by atoms with Crippen LogP contribution in [0.3, 0.4) is 0 Å². The van der Waals surface area contributed by atoms with Gasteiger partial charge in [-0.05, 0) is 124 Å².